The minimum absolute atomic E-state index is 0.00512. The molecule has 22 nitrogen and oxygen atoms in total. The lowest BCUT2D eigenvalue weighted by Gasteiger charge is -2.31. The second-order valence-electron chi connectivity index (χ2n) is 19.8. The van der Waals surface area contributed by atoms with Crippen LogP contribution in [-0.4, -0.2) is 131 Å². The van der Waals surface area contributed by atoms with E-state index >= 15 is 4.39 Å². The van der Waals surface area contributed by atoms with Crippen molar-refractivity contribution in [2.24, 2.45) is 0 Å². The van der Waals surface area contributed by atoms with Crippen LogP contribution in [0.4, 0.5) is 4.39 Å². The van der Waals surface area contributed by atoms with E-state index in [1.165, 1.54) is 10.6 Å². The molecule has 6 N–H and O–H groups in total. The van der Waals surface area contributed by atoms with Crippen molar-refractivity contribution >= 4 is 64.0 Å². The zero-order chi connectivity index (χ0) is 56.4. The number of ether oxygens (including phenoxy) is 3. The second-order valence-corrected chi connectivity index (χ2v) is 19.8. The molecule has 0 radical (unpaired) electrons. The molecule has 0 bridgehead atoms. The fourth-order valence-corrected chi connectivity index (χ4v) is 10.3. The Bertz CT molecular complexity index is 3160. The van der Waals surface area contributed by atoms with E-state index in [4.69, 9.17) is 19.2 Å². The van der Waals surface area contributed by atoms with Gasteiger partial charge in [-0.2, -0.15) is 0 Å². The van der Waals surface area contributed by atoms with Gasteiger partial charge in [0.1, 0.15) is 24.2 Å². The molecule has 0 saturated heterocycles. The Kier molecular flexibility index (Phi) is 18.5. The summed E-state index contributed by atoms with van der Waals surface area (Å²) in [6, 6.07) is 9.98. The molecule has 418 valence electrons. The van der Waals surface area contributed by atoms with Crippen LogP contribution < -0.4 is 32.1 Å². The van der Waals surface area contributed by atoms with Gasteiger partial charge in [-0.05, 0) is 67.3 Å². The third-order valence-electron chi connectivity index (χ3n) is 14.6. The van der Waals surface area contributed by atoms with E-state index in [2.05, 4.69) is 26.6 Å². The number of aliphatic hydroxyl groups is 1. The first-order valence-electron chi connectivity index (χ1n) is 26.4. The van der Waals surface area contributed by atoms with Gasteiger partial charge in [-0.3, -0.25) is 48.1 Å². The van der Waals surface area contributed by atoms with Crippen LogP contribution in [0.15, 0.2) is 59.4 Å². The lowest BCUT2D eigenvalue weighted by atomic mass is 9.81. The molecule has 2 aromatic carbocycles. The predicted octanol–water partition coefficient (Wildman–Crippen LogP) is 1.57. The van der Waals surface area contributed by atoms with E-state index in [1.807, 2.05) is 0 Å². The van der Waals surface area contributed by atoms with Gasteiger partial charge in [0, 0.05) is 79.9 Å². The van der Waals surface area contributed by atoms with Gasteiger partial charge < -0.3 is 50.5 Å². The van der Waals surface area contributed by atoms with Gasteiger partial charge in [-0.1, -0.05) is 37.3 Å². The monoisotopic (exact) mass is 1090 g/mol. The molecule has 1 aliphatic carbocycles. The van der Waals surface area contributed by atoms with Crippen LogP contribution in [0.25, 0.3) is 22.3 Å². The lowest BCUT2D eigenvalue weighted by molar-refractivity contribution is -0.172. The Labute approximate surface area is 453 Å². The Balaban J connectivity index is 0.776. The fraction of sp³-hybridized carbons (Fsp3) is 0.446. The van der Waals surface area contributed by atoms with Crippen LogP contribution in [-0.2, 0) is 89.0 Å². The van der Waals surface area contributed by atoms with Crippen molar-refractivity contribution in [1.82, 2.24) is 41.0 Å². The summed E-state index contributed by atoms with van der Waals surface area (Å²) in [5, 5.41) is 25.6. The minimum Gasteiger partial charge on any atom is -0.458 e. The smallest absolute Gasteiger partial charge is 0.343 e. The molecular formula is C56H63FN8O14. The van der Waals surface area contributed by atoms with Crippen LogP contribution in [0.2, 0.25) is 0 Å². The Hall–Kier alpha value is -8.02. The molecule has 7 amide bonds. The zero-order valence-corrected chi connectivity index (χ0v) is 44.0. The van der Waals surface area contributed by atoms with E-state index in [0.717, 1.165) is 22.6 Å². The predicted molar refractivity (Wildman–Crippen MR) is 280 cm³/mol. The number of Topliss-reactive ketones (excluding diaryl/α,β-unsaturated/α-hetero) is 1. The topological polar surface area (TPSA) is 300 Å². The number of cyclic esters (lactones) is 1. The van der Waals surface area contributed by atoms with Gasteiger partial charge in [0.2, 0.25) is 29.5 Å². The summed E-state index contributed by atoms with van der Waals surface area (Å²) < 4.78 is 33.0. The van der Waals surface area contributed by atoms with Crippen molar-refractivity contribution in [3.05, 3.63) is 110 Å². The summed E-state index contributed by atoms with van der Waals surface area (Å²) >= 11 is 0. The SMILES string of the molecule is CC[C@@]1(O)C(=O)OCc2c1cc1n(c2=O)Cc2c-1nc1cc(F)c(C)c3c1c2[C@@H](NC(=O)CNC(=O)[C@H](Cc1ccccc1)NC(=O)CNC(=O)CCCCC(=O)CCOCCOCCNC(=O)CCN1C(=O)C=CC1=O)CC3. The number of carbonyl (C=O) groups excluding carboxylic acids is 9. The Morgan fingerprint density at radius 3 is 2.29 bits per heavy atom. The standard InChI is InChI=1S/C56H63FN8O14/c1-3-56(76)38-26-43-52-36(30-65(43)54(74)37(38)31-79-55(56)75)51-40(14-13-35-32(2)39(57)27-41(63-52)50(35)51)61-47(70)29-60-53(73)42(25-33-9-5-4-6-10-33)62-46(69)28-59-44(67)12-8-7-11-34(66)18-21-77-23-24-78-22-19-58-45(68)17-20-64-48(71)15-16-49(64)72/h4-6,9-10,15-16,26-27,40,42,76H,3,7-8,11-14,17-25,28-31H2,1-2H3,(H,58,68)(H,59,67)(H,60,73)(H,61,70)(H,62,69)/t40-,42-,56-/m0/s1. The summed E-state index contributed by atoms with van der Waals surface area (Å²) in [4.78, 5) is 134. The van der Waals surface area contributed by atoms with Crippen molar-refractivity contribution < 1.29 is 66.9 Å². The highest BCUT2D eigenvalue weighted by Gasteiger charge is 2.46. The number of aromatic nitrogens is 2. The van der Waals surface area contributed by atoms with Crippen molar-refractivity contribution in [3.8, 4) is 11.4 Å². The summed E-state index contributed by atoms with van der Waals surface area (Å²) in [5.41, 5.74) is 1.80. The third-order valence-corrected chi connectivity index (χ3v) is 14.6. The third kappa shape index (κ3) is 13.3. The number of amides is 7. The molecule has 23 heteroatoms. The van der Waals surface area contributed by atoms with Crippen molar-refractivity contribution in [2.75, 3.05) is 52.6 Å². The number of aryl methyl sites for hydroxylation is 1. The highest BCUT2D eigenvalue weighted by Crippen LogP contribution is 2.46. The fourth-order valence-electron chi connectivity index (χ4n) is 10.3. The van der Waals surface area contributed by atoms with E-state index in [0.29, 0.717) is 70.2 Å². The first kappa shape index (κ1) is 57.2. The quantitative estimate of drug-likeness (QED) is 0.0247. The first-order chi connectivity index (χ1) is 38.0. The number of ketones is 1. The average molecular weight is 1090 g/mol. The maximum absolute atomic E-state index is 15.5. The van der Waals surface area contributed by atoms with E-state index < -0.39 is 83.6 Å². The van der Waals surface area contributed by atoms with Crippen LogP contribution in [0.3, 0.4) is 0 Å². The molecule has 2 aromatic heterocycles. The normalized spacial score (nSPS) is 17.1. The average Bonchev–Trinajstić information content (AvgIpc) is 2.78. The van der Waals surface area contributed by atoms with Gasteiger partial charge in [0.25, 0.3) is 17.4 Å². The number of fused-ring (bicyclic) bond motifs is 5. The second kappa shape index (κ2) is 25.6. The van der Waals surface area contributed by atoms with Crippen LogP contribution >= 0.6 is 0 Å². The molecule has 3 atom stereocenters. The van der Waals surface area contributed by atoms with E-state index in [9.17, 15) is 53.1 Å². The van der Waals surface area contributed by atoms with Gasteiger partial charge in [-0.25, -0.2) is 14.2 Å². The van der Waals surface area contributed by atoms with Crippen LogP contribution in [0.5, 0.6) is 0 Å². The van der Waals surface area contributed by atoms with Crippen molar-refractivity contribution in [2.45, 2.75) is 109 Å². The van der Waals surface area contributed by atoms with Gasteiger partial charge in [0.15, 0.2) is 5.60 Å². The van der Waals surface area contributed by atoms with Crippen molar-refractivity contribution in [1.29, 1.82) is 0 Å². The highest BCUT2D eigenvalue weighted by atomic mass is 19.1. The number of benzene rings is 2. The number of hydrogen-bond donors (Lipinski definition) is 6. The Morgan fingerprint density at radius 2 is 1.54 bits per heavy atom. The number of hydrogen-bond acceptors (Lipinski definition) is 15. The number of esters is 1. The van der Waals surface area contributed by atoms with Crippen LogP contribution in [0.1, 0.15) is 103 Å². The molecule has 0 spiro atoms. The van der Waals surface area contributed by atoms with Gasteiger partial charge >= 0.3 is 5.97 Å². The molecule has 4 aliphatic rings. The van der Waals surface area contributed by atoms with E-state index in [1.54, 1.807) is 50.2 Å². The van der Waals surface area contributed by atoms with Crippen molar-refractivity contribution in [3.63, 3.8) is 0 Å². The number of nitrogens with one attached hydrogen (secondary N) is 5. The summed E-state index contributed by atoms with van der Waals surface area (Å²) in [5.74, 6) is -4.91. The molecule has 8 rings (SSSR count). The minimum atomic E-state index is -2.06. The molecule has 4 aromatic rings. The number of halogens is 1. The lowest BCUT2D eigenvalue weighted by Crippen LogP contribution is -2.52. The number of unbranched alkanes of at least 4 members (excludes halogenated alkanes) is 1. The molecular weight excluding hydrogens is 1030 g/mol. The zero-order valence-electron chi connectivity index (χ0n) is 44.0. The number of pyridine rings is 2. The summed E-state index contributed by atoms with van der Waals surface area (Å²) in [6.07, 6.45) is 4.32. The van der Waals surface area contributed by atoms with E-state index in [-0.39, 0.29) is 114 Å². The molecule has 79 heavy (non-hydrogen) atoms. The molecule has 0 saturated carbocycles. The Morgan fingerprint density at radius 1 is 0.835 bits per heavy atom. The molecule has 3 aliphatic heterocycles. The maximum atomic E-state index is 15.5. The highest BCUT2D eigenvalue weighted by molar-refractivity contribution is 6.13. The summed E-state index contributed by atoms with van der Waals surface area (Å²) in [6.45, 7) is 3.18. The first-order valence-corrected chi connectivity index (χ1v) is 26.4. The summed E-state index contributed by atoms with van der Waals surface area (Å²) in [7, 11) is 0. The molecule has 5 heterocycles. The molecule has 0 fully saturated rings. The number of carbonyl (C=O) groups is 9. The largest absolute Gasteiger partial charge is 0.458 e. The van der Waals surface area contributed by atoms with Gasteiger partial charge in [-0.15, -0.1) is 0 Å². The van der Waals surface area contributed by atoms with Crippen LogP contribution in [0, 0.1) is 12.7 Å². The van der Waals surface area contributed by atoms with Gasteiger partial charge in [0.05, 0.1) is 74.6 Å². The number of rotatable bonds is 27. The molecule has 0 unspecified atom stereocenters. The number of nitrogens with zero attached hydrogens (tertiary/aromatic N) is 3. The maximum Gasteiger partial charge on any atom is 0.343 e. The number of imide groups is 1.